The summed E-state index contributed by atoms with van der Waals surface area (Å²) in [4.78, 5) is 34.7. The average molecular weight is 196 g/mol. The van der Waals surface area contributed by atoms with Gasteiger partial charge in [-0.15, -0.1) is 0 Å². The fraction of sp³-hybridized carbons (Fsp3) is 0.700. The molecule has 0 saturated heterocycles. The van der Waals surface area contributed by atoms with Crippen LogP contribution >= 0.6 is 0 Å². The minimum absolute atomic E-state index is 0.00738. The molecule has 0 N–H and O–H groups in total. The minimum Gasteiger partial charge on any atom is -0.468 e. The Morgan fingerprint density at radius 2 is 2.14 bits per heavy atom. The third-order valence-corrected chi connectivity index (χ3v) is 3.41. The van der Waals surface area contributed by atoms with Crippen molar-refractivity contribution in [1.82, 2.24) is 0 Å². The van der Waals surface area contributed by atoms with E-state index >= 15 is 0 Å². The molecule has 2 bridgehead atoms. The molecule has 0 spiro atoms. The van der Waals surface area contributed by atoms with E-state index in [0.29, 0.717) is 25.7 Å². The zero-order valence-electron chi connectivity index (χ0n) is 8.04. The maximum absolute atomic E-state index is 11.8. The van der Waals surface area contributed by atoms with E-state index in [0.717, 1.165) is 0 Å². The Morgan fingerprint density at radius 1 is 1.43 bits per heavy atom. The van der Waals surface area contributed by atoms with Gasteiger partial charge in [0, 0.05) is 6.42 Å². The first-order chi connectivity index (χ1) is 6.62. The molecule has 2 aliphatic rings. The maximum atomic E-state index is 11.8. The van der Waals surface area contributed by atoms with Crippen LogP contribution in [0.5, 0.6) is 0 Å². The van der Waals surface area contributed by atoms with E-state index in [1.807, 2.05) is 0 Å². The predicted octanol–water partition coefficient (Wildman–Crippen LogP) is 0.488. The van der Waals surface area contributed by atoms with Crippen LogP contribution in [0.2, 0.25) is 0 Å². The molecule has 4 nitrogen and oxygen atoms in total. The predicted molar refractivity (Wildman–Crippen MR) is 46.4 cm³/mol. The van der Waals surface area contributed by atoms with Crippen molar-refractivity contribution in [3.63, 3.8) is 0 Å². The van der Waals surface area contributed by atoms with Crippen molar-refractivity contribution in [3.05, 3.63) is 0 Å². The van der Waals surface area contributed by atoms with Crippen molar-refractivity contribution in [1.29, 1.82) is 0 Å². The minimum atomic E-state index is -0.979. The molecule has 4 heteroatoms. The lowest BCUT2D eigenvalue weighted by Gasteiger charge is -2.27. The summed E-state index contributed by atoms with van der Waals surface area (Å²) in [6, 6.07) is 0. The summed E-state index contributed by atoms with van der Waals surface area (Å²) in [6.45, 7) is 0. The lowest BCUT2D eigenvalue weighted by molar-refractivity contribution is -0.159. The molecule has 0 aromatic carbocycles. The largest absolute Gasteiger partial charge is 0.468 e. The van der Waals surface area contributed by atoms with Crippen molar-refractivity contribution in [2.24, 2.45) is 11.3 Å². The second-order valence-electron chi connectivity index (χ2n) is 4.00. The summed E-state index contributed by atoms with van der Waals surface area (Å²) in [5, 5.41) is 0. The number of fused-ring (bicyclic) bond motifs is 2. The van der Waals surface area contributed by atoms with E-state index < -0.39 is 17.3 Å². The quantitative estimate of drug-likeness (QED) is 0.452. The van der Waals surface area contributed by atoms with Crippen molar-refractivity contribution >= 4 is 17.5 Å². The van der Waals surface area contributed by atoms with Crippen molar-refractivity contribution in [2.45, 2.75) is 25.7 Å². The van der Waals surface area contributed by atoms with E-state index in [2.05, 4.69) is 4.74 Å². The lowest BCUT2D eigenvalue weighted by Crippen LogP contribution is -2.43. The van der Waals surface area contributed by atoms with Gasteiger partial charge in [-0.05, 0) is 19.3 Å². The molecule has 14 heavy (non-hydrogen) atoms. The Bertz CT molecular complexity index is 320. The highest BCUT2D eigenvalue weighted by molar-refractivity contribution is 6.16. The van der Waals surface area contributed by atoms with Crippen LogP contribution in [0.4, 0.5) is 0 Å². The van der Waals surface area contributed by atoms with E-state index in [4.69, 9.17) is 0 Å². The number of ether oxygens (including phenoxy) is 1. The number of hydrogen-bond acceptors (Lipinski definition) is 4. The molecule has 0 amide bonds. The van der Waals surface area contributed by atoms with Gasteiger partial charge in [0.15, 0.2) is 5.78 Å². The zero-order valence-corrected chi connectivity index (χ0v) is 8.04. The summed E-state index contributed by atoms with van der Waals surface area (Å²) in [5.41, 5.74) is -0.979. The van der Waals surface area contributed by atoms with E-state index in [1.54, 1.807) is 0 Å². The molecule has 2 fully saturated rings. The number of carbonyl (C=O) groups excluding carboxylic acids is 3. The van der Waals surface area contributed by atoms with E-state index in [1.165, 1.54) is 7.11 Å². The van der Waals surface area contributed by atoms with Gasteiger partial charge in [0.05, 0.1) is 13.0 Å². The number of hydrogen-bond donors (Lipinski definition) is 0. The standard InChI is InChI=1S/C10H12O4/c1-14-9(13)10-4-2-6(8(10)12)7(11)3-5-10/h6H,2-5H2,1H3/t6-,10-/m0/s1. The molecule has 0 aromatic rings. The number of ketones is 2. The van der Waals surface area contributed by atoms with E-state index in [9.17, 15) is 14.4 Å². The highest BCUT2D eigenvalue weighted by atomic mass is 16.5. The topological polar surface area (TPSA) is 60.4 Å². The summed E-state index contributed by atoms with van der Waals surface area (Å²) >= 11 is 0. The number of carbonyl (C=O) groups is 3. The Labute approximate surface area is 81.6 Å². The van der Waals surface area contributed by atoms with Crippen LogP contribution in [-0.2, 0) is 19.1 Å². The maximum Gasteiger partial charge on any atom is 0.319 e. The number of Topliss-reactive ketones (excluding diaryl/α,β-unsaturated/α-hetero) is 2. The highest BCUT2D eigenvalue weighted by Gasteiger charge is 2.58. The van der Waals surface area contributed by atoms with Gasteiger partial charge >= 0.3 is 5.97 Å². The molecule has 76 valence electrons. The van der Waals surface area contributed by atoms with E-state index in [-0.39, 0.29) is 11.6 Å². The second kappa shape index (κ2) is 2.90. The molecular weight excluding hydrogens is 184 g/mol. The van der Waals surface area contributed by atoms with Crippen LogP contribution in [0, 0.1) is 11.3 Å². The van der Waals surface area contributed by atoms with Gasteiger partial charge in [-0.25, -0.2) is 0 Å². The molecule has 0 aromatic heterocycles. The van der Waals surface area contributed by atoms with Gasteiger partial charge < -0.3 is 4.74 Å². The average Bonchev–Trinajstić information content (AvgIpc) is 2.40. The molecule has 2 aliphatic carbocycles. The van der Waals surface area contributed by atoms with Gasteiger partial charge in [-0.3, -0.25) is 14.4 Å². The SMILES string of the molecule is COC(=O)[C@]12CCC(=O)[C@H](CC1)C2=O. The van der Waals surface area contributed by atoms with Crippen LogP contribution in [0.3, 0.4) is 0 Å². The summed E-state index contributed by atoms with van der Waals surface area (Å²) in [6.07, 6.45) is 1.68. The molecule has 2 rings (SSSR count). The Kier molecular flexibility index (Phi) is 1.94. The highest BCUT2D eigenvalue weighted by Crippen LogP contribution is 2.47. The molecular formula is C10H12O4. The molecule has 0 aliphatic heterocycles. The van der Waals surface area contributed by atoms with Crippen LogP contribution in [0.15, 0.2) is 0 Å². The Hall–Kier alpha value is -1.19. The van der Waals surface area contributed by atoms with Crippen LogP contribution < -0.4 is 0 Å². The smallest absolute Gasteiger partial charge is 0.319 e. The second-order valence-corrected chi connectivity index (χ2v) is 4.00. The molecule has 0 heterocycles. The third kappa shape index (κ3) is 0.966. The van der Waals surface area contributed by atoms with Crippen LogP contribution in [0.1, 0.15) is 25.7 Å². The lowest BCUT2D eigenvalue weighted by atomic mass is 9.74. The number of rotatable bonds is 1. The zero-order chi connectivity index (χ0) is 10.3. The van der Waals surface area contributed by atoms with Gasteiger partial charge in [0.2, 0.25) is 0 Å². The first-order valence-corrected chi connectivity index (χ1v) is 4.77. The van der Waals surface area contributed by atoms with Crippen molar-refractivity contribution < 1.29 is 19.1 Å². The first-order valence-electron chi connectivity index (χ1n) is 4.77. The molecule has 0 unspecified atom stereocenters. The van der Waals surface area contributed by atoms with Crippen molar-refractivity contribution in [2.75, 3.05) is 7.11 Å². The summed E-state index contributed by atoms with van der Waals surface area (Å²) in [5.74, 6) is -1.20. The van der Waals surface area contributed by atoms with Gasteiger partial charge in [-0.1, -0.05) is 0 Å². The normalized spacial score (nSPS) is 35.9. The number of esters is 1. The van der Waals surface area contributed by atoms with Crippen LogP contribution in [-0.4, -0.2) is 24.6 Å². The van der Waals surface area contributed by atoms with Gasteiger partial charge in [0.25, 0.3) is 0 Å². The van der Waals surface area contributed by atoms with Crippen LogP contribution in [0.25, 0.3) is 0 Å². The molecule has 0 radical (unpaired) electrons. The first kappa shape index (κ1) is 9.37. The molecule has 2 saturated carbocycles. The monoisotopic (exact) mass is 196 g/mol. The summed E-state index contributed by atoms with van der Waals surface area (Å²) in [7, 11) is 1.29. The van der Waals surface area contributed by atoms with Gasteiger partial charge in [0.1, 0.15) is 11.2 Å². The van der Waals surface area contributed by atoms with Gasteiger partial charge in [-0.2, -0.15) is 0 Å². The fourth-order valence-electron chi connectivity index (χ4n) is 2.54. The van der Waals surface area contributed by atoms with Crippen molar-refractivity contribution in [3.8, 4) is 0 Å². The Morgan fingerprint density at radius 3 is 2.79 bits per heavy atom. The summed E-state index contributed by atoms with van der Waals surface area (Å²) < 4.78 is 4.65. The number of methoxy groups -OCH3 is 1. The fourth-order valence-corrected chi connectivity index (χ4v) is 2.54. The molecule has 2 atom stereocenters. The Balaban J connectivity index is 2.35. The third-order valence-electron chi connectivity index (χ3n) is 3.41.